The highest BCUT2D eigenvalue weighted by Gasteiger charge is 2.39. The Kier molecular flexibility index (Phi) is 7.61. The summed E-state index contributed by atoms with van der Waals surface area (Å²) in [4.78, 5) is 13.2. The maximum Gasteiger partial charge on any atom is 0.342 e. The molecule has 1 aliphatic heterocycles. The summed E-state index contributed by atoms with van der Waals surface area (Å²) in [7, 11) is 0. The Morgan fingerprint density at radius 3 is 2.11 bits per heavy atom. The Hall–Kier alpha value is -3.57. The predicted molar refractivity (Wildman–Crippen MR) is 152 cm³/mol. The van der Waals surface area contributed by atoms with Crippen LogP contribution in [0.25, 0.3) is 16.8 Å². The molecule has 0 radical (unpaired) electrons. The standard InChI is InChI=1S/C32H29BrO4/c1-2-35-31(34)28-25-17-9-10-18-26(25)29-27(30(28)36-22-12-11-21-33)19-20-32(37-29,23-13-5-3-6-14-23)24-15-7-4-8-16-24/h3-10,13-20H,2,11-12,21-22H2,1H3. The molecule has 0 saturated heterocycles. The highest BCUT2D eigenvalue weighted by atomic mass is 79.9. The topological polar surface area (TPSA) is 44.8 Å². The maximum atomic E-state index is 13.2. The summed E-state index contributed by atoms with van der Waals surface area (Å²) < 4.78 is 18.9. The SMILES string of the molecule is CCOC(=O)c1c(OCCCCBr)c2c(c3ccccc13)OC(c1ccccc1)(c1ccccc1)C=C2. The molecule has 0 saturated carbocycles. The predicted octanol–water partition coefficient (Wildman–Crippen LogP) is 7.92. The van der Waals surface area contributed by atoms with Crippen LogP contribution in [-0.4, -0.2) is 24.5 Å². The van der Waals surface area contributed by atoms with Crippen molar-refractivity contribution in [2.24, 2.45) is 0 Å². The van der Waals surface area contributed by atoms with Crippen molar-refractivity contribution in [1.82, 2.24) is 0 Å². The quantitative estimate of drug-likeness (QED) is 0.119. The van der Waals surface area contributed by atoms with E-state index in [1.807, 2.05) is 73.7 Å². The summed E-state index contributed by atoms with van der Waals surface area (Å²) in [5.41, 5.74) is 2.39. The summed E-state index contributed by atoms with van der Waals surface area (Å²) in [6.07, 6.45) is 5.93. The van der Waals surface area contributed by atoms with Gasteiger partial charge in [-0.05, 0) is 31.9 Å². The van der Waals surface area contributed by atoms with Gasteiger partial charge in [-0.1, -0.05) is 101 Å². The zero-order chi connectivity index (χ0) is 25.7. The van der Waals surface area contributed by atoms with Crippen molar-refractivity contribution in [3.8, 4) is 11.5 Å². The lowest BCUT2D eigenvalue weighted by Gasteiger charge is -2.37. The monoisotopic (exact) mass is 556 g/mol. The molecular formula is C32H29BrO4. The summed E-state index contributed by atoms with van der Waals surface area (Å²) >= 11 is 3.48. The molecule has 5 rings (SSSR count). The molecule has 0 aliphatic carbocycles. The van der Waals surface area contributed by atoms with Crippen molar-refractivity contribution in [3.63, 3.8) is 0 Å². The number of rotatable bonds is 9. The minimum absolute atomic E-state index is 0.282. The van der Waals surface area contributed by atoms with Crippen LogP contribution in [-0.2, 0) is 10.3 Å². The van der Waals surface area contributed by atoms with E-state index in [0.29, 0.717) is 23.7 Å². The number of halogens is 1. The molecule has 0 N–H and O–H groups in total. The van der Waals surface area contributed by atoms with Gasteiger partial charge in [-0.25, -0.2) is 4.79 Å². The van der Waals surface area contributed by atoms with E-state index in [4.69, 9.17) is 14.2 Å². The van der Waals surface area contributed by atoms with Gasteiger partial charge in [0.15, 0.2) is 5.60 Å². The Morgan fingerprint density at radius 1 is 0.865 bits per heavy atom. The third-order valence-electron chi connectivity index (χ3n) is 6.56. The number of esters is 1. The largest absolute Gasteiger partial charge is 0.492 e. The van der Waals surface area contributed by atoms with Crippen molar-refractivity contribution in [2.45, 2.75) is 25.4 Å². The van der Waals surface area contributed by atoms with Gasteiger partial charge < -0.3 is 14.2 Å². The van der Waals surface area contributed by atoms with Gasteiger partial charge in [0, 0.05) is 27.2 Å². The van der Waals surface area contributed by atoms with Gasteiger partial charge in [-0.15, -0.1) is 0 Å². The first-order valence-electron chi connectivity index (χ1n) is 12.6. The Morgan fingerprint density at radius 2 is 1.49 bits per heavy atom. The lowest BCUT2D eigenvalue weighted by atomic mass is 9.83. The average Bonchev–Trinajstić information content (AvgIpc) is 2.96. The number of alkyl halides is 1. The molecule has 0 aromatic heterocycles. The number of benzene rings is 4. The third kappa shape index (κ3) is 4.76. The lowest BCUT2D eigenvalue weighted by Crippen LogP contribution is -2.34. The maximum absolute atomic E-state index is 13.2. The number of unbranched alkanes of at least 4 members (excludes halogenated alkanes) is 1. The van der Waals surface area contributed by atoms with E-state index in [1.165, 1.54) is 0 Å². The van der Waals surface area contributed by atoms with Gasteiger partial charge >= 0.3 is 5.97 Å². The minimum atomic E-state index is -0.836. The fourth-order valence-corrected chi connectivity index (χ4v) is 5.23. The summed E-state index contributed by atoms with van der Waals surface area (Å²) in [5.74, 6) is 0.801. The van der Waals surface area contributed by atoms with Crippen LogP contribution in [0.1, 0.15) is 46.8 Å². The van der Waals surface area contributed by atoms with E-state index < -0.39 is 11.6 Å². The first-order valence-corrected chi connectivity index (χ1v) is 13.8. The molecule has 1 heterocycles. The van der Waals surface area contributed by atoms with Gasteiger partial charge in [-0.2, -0.15) is 0 Å². The zero-order valence-electron chi connectivity index (χ0n) is 20.8. The second-order valence-electron chi connectivity index (χ2n) is 8.86. The van der Waals surface area contributed by atoms with E-state index in [-0.39, 0.29) is 6.61 Å². The first-order chi connectivity index (χ1) is 18.2. The van der Waals surface area contributed by atoms with E-state index in [2.05, 4.69) is 46.3 Å². The normalized spacial score (nSPS) is 13.6. The summed E-state index contributed by atoms with van der Waals surface area (Å²) in [5, 5.41) is 2.49. The Bertz CT molecular complexity index is 1370. The van der Waals surface area contributed by atoms with Gasteiger partial charge in [0.2, 0.25) is 0 Å². The molecule has 4 nitrogen and oxygen atoms in total. The Labute approximate surface area is 226 Å². The van der Waals surface area contributed by atoms with Gasteiger partial charge in [0.05, 0.1) is 18.8 Å². The number of hydrogen-bond acceptors (Lipinski definition) is 4. The van der Waals surface area contributed by atoms with Gasteiger partial charge in [0.25, 0.3) is 0 Å². The van der Waals surface area contributed by atoms with Crippen molar-refractivity contribution in [1.29, 1.82) is 0 Å². The second kappa shape index (κ2) is 11.2. The Balaban J connectivity index is 1.75. The van der Waals surface area contributed by atoms with Crippen LogP contribution in [0.4, 0.5) is 0 Å². The minimum Gasteiger partial charge on any atom is -0.492 e. The van der Waals surface area contributed by atoms with Crippen molar-refractivity contribution in [3.05, 3.63) is 113 Å². The van der Waals surface area contributed by atoms with Crippen LogP contribution in [0.15, 0.2) is 91.0 Å². The fourth-order valence-electron chi connectivity index (χ4n) is 4.84. The fraction of sp³-hybridized carbons (Fsp3) is 0.219. The van der Waals surface area contributed by atoms with Crippen LogP contribution in [0.5, 0.6) is 11.5 Å². The van der Waals surface area contributed by atoms with Crippen molar-refractivity contribution >= 4 is 38.7 Å². The molecule has 0 atom stereocenters. The molecule has 0 fully saturated rings. The second-order valence-corrected chi connectivity index (χ2v) is 9.65. The van der Waals surface area contributed by atoms with Crippen molar-refractivity contribution < 1.29 is 19.0 Å². The van der Waals surface area contributed by atoms with E-state index in [0.717, 1.165) is 45.6 Å². The molecule has 0 amide bonds. The molecule has 0 unspecified atom stereocenters. The zero-order valence-corrected chi connectivity index (χ0v) is 22.4. The van der Waals surface area contributed by atoms with Crippen LogP contribution >= 0.6 is 15.9 Å². The highest BCUT2D eigenvalue weighted by molar-refractivity contribution is 9.09. The number of fused-ring (bicyclic) bond motifs is 3. The molecular weight excluding hydrogens is 528 g/mol. The third-order valence-corrected chi connectivity index (χ3v) is 7.13. The van der Waals surface area contributed by atoms with E-state index in [9.17, 15) is 4.79 Å². The molecule has 4 aromatic carbocycles. The molecule has 0 spiro atoms. The molecule has 188 valence electrons. The first kappa shape index (κ1) is 25.1. The molecule has 5 heteroatoms. The lowest BCUT2D eigenvalue weighted by molar-refractivity contribution is 0.0524. The van der Waals surface area contributed by atoms with E-state index >= 15 is 0 Å². The number of carbonyl (C=O) groups is 1. The summed E-state index contributed by atoms with van der Waals surface area (Å²) in [6.45, 7) is 2.58. The van der Waals surface area contributed by atoms with E-state index in [1.54, 1.807) is 0 Å². The molecule has 37 heavy (non-hydrogen) atoms. The highest BCUT2D eigenvalue weighted by Crippen LogP contribution is 2.50. The number of ether oxygens (including phenoxy) is 3. The smallest absolute Gasteiger partial charge is 0.342 e. The molecule has 4 aromatic rings. The van der Waals surface area contributed by atoms with Crippen LogP contribution < -0.4 is 9.47 Å². The molecule has 1 aliphatic rings. The van der Waals surface area contributed by atoms with Gasteiger partial charge in [-0.3, -0.25) is 0 Å². The van der Waals surface area contributed by atoms with Crippen LogP contribution in [0.2, 0.25) is 0 Å². The average molecular weight is 557 g/mol. The molecule has 0 bridgehead atoms. The van der Waals surface area contributed by atoms with Crippen LogP contribution in [0, 0.1) is 0 Å². The van der Waals surface area contributed by atoms with Crippen molar-refractivity contribution in [2.75, 3.05) is 18.5 Å². The number of carbonyl (C=O) groups excluding carboxylic acids is 1. The van der Waals surface area contributed by atoms with Crippen LogP contribution in [0.3, 0.4) is 0 Å². The number of hydrogen-bond donors (Lipinski definition) is 0. The summed E-state index contributed by atoms with van der Waals surface area (Å²) in [6, 6.07) is 28.2. The van der Waals surface area contributed by atoms with Gasteiger partial charge in [0.1, 0.15) is 17.1 Å².